The Bertz CT molecular complexity index is 768. The highest BCUT2D eigenvalue weighted by atomic mass is 16.7. The monoisotopic (exact) mass is 345 g/mol. The predicted octanol–water partition coefficient (Wildman–Crippen LogP) is 2.59. The lowest BCUT2D eigenvalue weighted by atomic mass is 9.91. The highest BCUT2D eigenvalue weighted by molar-refractivity contribution is 5.46. The Hall–Kier alpha value is -2.05. The van der Waals surface area contributed by atoms with Crippen molar-refractivity contribution in [1.82, 2.24) is 14.7 Å². The summed E-state index contributed by atoms with van der Waals surface area (Å²) in [4.78, 5) is 2.31. The zero-order chi connectivity index (χ0) is 18.2. The fourth-order valence-electron chi connectivity index (χ4n) is 3.21. The van der Waals surface area contributed by atoms with E-state index in [1.165, 1.54) is 11.1 Å². The molecule has 1 aromatic carbocycles. The number of benzene rings is 1. The van der Waals surface area contributed by atoms with E-state index in [4.69, 9.17) is 9.47 Å². The third-order valence-corrected chi connectivity index (χ3v) is 5.27. The quantitative estimate of drug-likeness (QED) is 0.872. The van der Waals surface area contributed by atoms with Gasteiger partial charge in [-0.1, -0.05) is 6.07 Å². The molecule has 0 amide bonds. The van der Waals surface area contributed by atoms with Gasteiger partial charge in [0, 0.05) is 23.3 Å². The van der Waals surface area contributed by atoms with Crippen LogP contribution in [0.4, 0.5) is 0 Å². The molecule has 0 unspecified atom stereocenters. The van der Waals surface area contributed by atoms with Crippen LogP contribution in [0.2, 0.25) is 0 Å². The van der Waals surface area contributed by atoms with Crippen LogP contribution in [0.3, 0.4) is 0 Å². The molecular formula is C19H27N3O3. The van der Waals surface area contributed by atoms with Crippen molar-refractivity contribution in [1.29, 1.82) is 0 Å². The smallest absolute Gasteiger partial charge is 0.231 e. The van der Waals surface area contributed by atoms with Gasteiger partial charge in [-0.15, -0.1) is 0 Å². The summed E-state index contributed by atoms with van der Waals surface area (Å²) in [6.45, 7) is 10.2. The number of ether oxygens (including phenoxy) is 2. The summed E-state index contributed by atoms with van der Waals surface area (Å²) in [6, 6.07) is 6.13. The topological polar surface area (TPSA) is 59.8 Å². The SMILES string of the molecule is Cc1nn(CCO)c(C)c1CN(C)C(C)(C)c1ccc2c(c1)OCO2. The van der Waals surface area contributed by atoms with Crippen molar-refractivity contribution in [3.8, 4) is 11.5 Å². The van der Waals surface area contributed by atoms with Gasteiger partial charge in [-0.3, -0.25) is 9.58 Å². The lowest BCUT2D eigenvalue weighted by molar-refractivity contribution is 0.146. The number of aliphatic hydroxyl groups is 1. The Morgan fingerprint density at radius 2 is 1.96 bits per heavy atom. The van der Waals surface area contributed by atoms with Crippen molar-refractivity contribution in [3.63, 3.8) is 0 Å². The first kappa shape index (κ1) is 17.8. The van der Waals surface area contributed by atoms with Crippen molar-refractivity contribution in [2.45, 2.75) is 46.3 Å². The molecule has 136 valence electrons. The number of rotatable bonds is 6. The Kier molecular flexibility index (Phi) is 4.75. The van der Waals surface area contributed by atoms with Gasteiger partial charge in [0.2, 0.25) is 6.79 Å². The summed E-state index contributed by atoms with van der Waals surface area (Å²) in [5.41, 5.74) is 4.33. The molecule has 1 aliphatic heterocycles. The second-order valence-corrected chi connectivity index (χ2v) is 7.08. The van der Waals surface area contributed by atoms with Crippen LogP contribution in [0.1, 0.15) is 36.4 Å². The van der Waals surface area contributed by atoms with E-state index in [1.54, 1.807) is 0 Å². The summed E-state index contributed by atoms with van der Waals surface area (Å²) in [5, 5.41) is 13.7. The Morgan fingerprint density at radius 1 is 1.24 bits per heavy atom. The second-order valence-electron chi connectivity index (χ2n) is 7.08. The van der Waals surface area contributed by atoms with Crippen molar-refractivity contribution < 1.29 is 14.6 Å². The molecule has 0 spiro atoms. The molecule has 2 aromatic rings. The fourth-order valence-corrected chi connectivity index (χ4v) is 3.21. The maximum absolute atomic E-state index is 9.19. The van der Waals surface area contributed by atoms with E-state index >= 15 is 0 Å². The number of aliphatic hydroxyl groups excluding tert-OH is 1. The van der Waals surface area contributed by atoms with Crippen LogP contribution in [0.5, 0.6) is 11.5 Å². The Labute approximate surface area is 149 Å². The van der Waals surface area contributed by atoms with Crippen molar-refractivity contribution in [3.05, 3.63) is 40.7 Å². The second kappa shape index (κ2) is 6.69. The molecule has 0 radical (unpaired) electrons. The maximum Gasteiger partial charge on any atom is 0.231 e. The van der Waals surface area contributed by atoms with E-state index in [0.29, 0.717) is 6.54 Å². The molecule has 3 rings (SSSR count). The molecule has 6 nitrogen and oxygen atoms in total. The first-order chi connectivity index (χ1) is 11.8. The zero-order valence-corrected chi connectivity index (χ0v) is 15.7. The average molecular weight is 345 g/mol. The number of hydrogen-bond donors (Lipinski definition) is 1. The fraction of sp³-hybridized carbons (Fsp3) is 0.526. The number of aromatic nitrogens is 2. The minimum absolute atomic E-state index is 0.0972. The summed E-state index contributed by atoms with van der Waals surface area (Å²) in [7, 11) is 2.12. The van der Waals surface area contributed by atoms with Gasteiger partial charge >= 0.3 is 0 Å². The molecule has 6 heteroatoms. The molecule has 1 N–H and O–H groups in total. The third kappa shape index (κ3) is 3.24. The van der Waals surface area contributed by atoms with E-state index in [0.717, 1.165) is 29.4 Å². The van der Waals surface area contributed by atoms with Gasteiger partial charge < -0.3 is 14.6 Å². The van der Waals surface area contributed by atoms with Gasteiger partial charge in [0.1, 0.15) is 0 Å². The van der Waals surface area contributed by atoms with Crippen LogP contribution >= 0.6 is 0 Å². The summed E-state index contributed by atoms with van der Waals surface area (Å²) < 4.78 is 12.8. The van der Waals surface area contributed by atoms with Gasteiger partial charge in [-0.25, -0.2) is 0 Å². The number of hydrogen-bond acceptors (Lipinski definition) is 5. The van der Waals surface area contributed by atoms with Crippen LogP contribution < -0.4 is 9.47 Å². The van der Waals surface area contributed by atoms with Crippen LogP contribution in [-0.4, -0.2) is 40.2 Å². The molecule has 0 saturated heterocycles. The summed E-state index contributed by atoms with van der Waals surface area (Å²) in [6.07, 6.45) is 0. The number of nitrogens with zero attached hydrogens (tertiary/aromatic N) is 3. The standard InChI is InChI=1S/C19H27N3O3/c1-13-16(14(2)22(20-13)8-9-23)11-21(5)19(3,4)15-6-7-17-18(10-15)25-12-24-17/h6-7,10,23H,8-9,11-12H2,1-5H3. The number of aryl methyl sites for hydroxylation is 1. The van der Waals surface area contributed by atoms with Gasteiger partial charge in [-0.05, 0) is 52.4 Å². The average Bonchev–Trinajstić information content (AvgIpc) is 3.14. The third-order valence-electron chi connectivity index (χ3n) is 5.27. The van der Waals surface area contributed by atoms with Crippen molar-refractivity contribution in [2.75, 3.05) is 20.4 Å². The maximum atomic E-state index is 9.19. The molecule has 0 aliphatic carbocycles. The van der Waals surface area contributed by atoms with Gasteiger partial charge in [0.15, 0.2) is 11.5 Å². The van der Waals surface area contributed by atoms with E-state index in [2.05, 4.69) is 50.0 Å². The molecule has 1 aromatic heterocycles. The Balaban J connectivity index is 1.83. The molecular weight excluding hydrogens is 318 g/mol. The van der Waals surface area contributed by atoms with Gasteiger partial charge in [0.05, 0.1) is 18.8 Å². The molecule has 0 bridgehead atoms. The van der Waals surface area contributed by atoms with Crippen LogP contribution in [-0.2, 0) is 18.6 Å². The first-order valence-corrected chi connectivity index (χ1v) is 8.59. The predicted molar refractivity (Wildman–Crippen MR) is 95.8 cm³/mol. The van der Waals surface area contributed by atoms with E-state index in [9.17, 15) is 5.11 Å². The summed E-state index contributed by atoms with van der Waals surface area (Å²) in [5.74, 6) is 1.61. The van der Waals surface area contributed by atoms with Crippen LogP contribution in [0.15, 0.2) is 18.2 Å². The lowest BCUT2D eigenvalue weighted by Crippen LogP contribution is -2.38. The highest BCUT2D eigenvalue weighted by Crippen LogP contribution is 2.37. The molecule has 0 fully saturated rings. The summed E-state index contributed by atoms with van der Waals surface area (Å²) >= 11 is 0. The number of fused-ring (bicyclic) bond motifs is 1. The van der Waals surface area contributed by atoms with Crippen molar-refractivity contribution in [2.24, 2.45) is 0 Å². The Morgan fingerprint density at radius 3 is 2.68 bits per heavy atom. The molecule has 0 atom stereocenters. The van der Waals surface area contributed by atoms with E-state index in [1.807, 2.05) is 17.7 Å². The normalized spacial score (nSPS) is 13.7. The lowest BCUT2D eigenvalue weighted by Gasteiger charge is -2.36. The van der Waals surface area contributed by atoms with Crippen molar-refractivity contribution >= 4 is 0 Å². The molecule has 2 heterocycles. The first-order valence-electron chi connectivity index (χ1n) is 8.59. The van der Waals surface area contributed by atoms with E-state index < -0.39 is 0 Å². The van der Waals surface area contributed by atoms with E-state index in [-0.39, 0.29) is 18.9 Å². The van der Waals surface area contributed by atoms with Crippen LogP contribution in [0, 0.1) is 13.8 Å². The largest absolute Gasteiger partial charge is 0.454 e. The minimum atomic E-state index is -0.182. The molecule has 1 aliphatic rings. The minimum Gasteiger partial charge on any atom is -0.454 e. The molecule has 0 saturated carbocycles. The highest BCUT2D eigenvalue weighted by Gasteiger charge is 2.29. The van der Waals surface area contributed by atoms with Gasteiger partial charge in [0.25, 0.3) is 0 Å². The zero-order valence-electron chi connectivity index (χ0n) is 15.7. The van der Waals surface area contributed by atoms with Gasteiger partial charge in [-0.2, -0.15) is 5.10 Å². The van der Waals surface area contributed by atoms with Crippen LogP contribution in [0.25, 0.3) is 0 Å². The molecule has 25 heavy (non-hydrogen) atoms.